The molecule has 0 atom stereocenters. The zero-order valence-electron chi connectivity index (χ0n) is 4.65. The van der Waals surface area contributed by atoms with Crippen LogP contribution < -0.4 is 10.4 Å². The third kappa shape index (κ3) is 3.92. The predicted octanol–water partition coefficient (Wildman–Crippen LogP) is -0.0894. The van der Waals surface area contributed by atoms with E-state index in [-0.39, 0.29) is 0 Å². The number of hydrazine groups is 1. The normalized spacial score (nSPS) is 10.0. The highest BCUT2D eigenvalue weighted by molar-refractivity contribution is 4.31. The van der Waals surface area contributed by atoms with Gasteiger partial charge in [0, 0.05) is 6.54 Å². The third-order valence-corrected chi connectivity index (χ3v) is 0.474. The van der Waals surface area contributed by atoms with Crippen LogP contribution in [-0.2, 0) is 0 Å². The highest BCUT2D eigenvalue weighted by Crippen LogP contribution is 1.52. The minimum Gasteiger partial charge on any atom is -0.119 e. The lowest BCUT2D eigenvalue weighted by atomic mass is 10.8. The van der Waals surface area contributed by atoms with Crippen LogP contribution in [0.25, 0.3) is 0 Å². The molecule has 0 spiro atoms. The van der Waals surface area contributed by atoms with Crippen LogP contribution in [0.3, 0.4) is 0 Å². The Morgan fingerprint density at radius 1 is 1.50 bits per heavy atom. The van der Waals surface area contributed by atoms with Crippen LogP contribution in [0.5, 0.6) is 0 Å². The summed E-state index contributed by atoms with van der Waals surface area (Å²) in [6.07, 6.45) is 0. The zero-order chi connectivity index (χ0) is 4.99. The number of nitrogens with zero attached hydrogens (tertiary/aromatic N) is 1. The lowest BCUT2D eigenvalue weighted by Gasteiger charge is -1.94. The average Bonchev–Trinajstić information content (AvgIpc) is 1.35. The minimum atomic E-state index is 1.01. The molecule has 0 aliphatic rings. The maximum Gasteiger partial charge on any atom is 0.134 e. The summed E-state index contributed by atoms with van der Waals surface area (Å²) in [6.45, 7) is 3.08. The molecule has 0 saturated carbocycles. The van der Waals surface area contributed by atoms with Crippen LogP contribution in [-0.4, -0.2) is 20.6 Å². The molecule has 0 rings (SSSR count). The summed E-state index contributed by atoms with van der Waals surface area (Å²) in [4.78, 5) is 0. The van der Waals surface area contributed by atoms with Crippen molar-refractivity contribution in [2.75, 3.05) is 20.6 Å². The number of nitrogens with one attached hydrogen (secondary N) is 1. The molecular weight excluding hydrogens is 76.1 g/mol. The summed E-state index contributed by atoms with van der Waals surface area (Å²) in [5.74, 6) is 0. The first-order chi connectivity index (χ1) is 2.77. The molecule has 1 radical (unpaired) electrons. The molecule has 0 aliphatic heterocycles. The van der Waals surface area contributed by atoms with Gasteiger partial charge in [-0.1, -0.05) is 5.01 Å². The lowest BCUT2D eigenvalue weighted by molar-refractivity contribution is 0.435. The van der Waals surface area contributed by atoms with E-state index in [1.165, 1.54) is 0 Å². The molecule has 0 aromatic heterocycles. The van der Waals surface area contributed by atoms with Gasteiger partial charge in [-0.3, -0.25) is 0 Å². The van der Waals surface area contributed by atoms with Gasteiger partial charge in [0.2, 0.25) is 0 Å². The van der Waals surface area contributed by atoms with Gasteiger partial charge >= 0.3 is 0 Å². The van der Waals surface area contributed by atoms with Gasteiger partial charge < -0.3 is 0 Å². The fraction of sp³-hybridized carbons (Fsp3) is 1.00. The molecular formula is C4H12N2+. The SMILES string of the molecule is CCN[N+](C)C. The Bertz CT molecular complexity index is 26.7. The molecule has 0 aliphatic carbocycles. The van der Waals surface area contributed by atoms with Gasteiger partial charge in [0.25, 0.3) is 0 Å². The molecule has 0 heterocycles. The van der Waals surface area contributed by atoms with Crippen LogP contribution in [0.4, 0.5) is 0 Å². The Morgan fingerprint density at radius 3 is 2.00 bits per heavy atom. The van der Waals surface area contributed by atoms with Crippen LogP contribution in [0.2, 0.25) is 0 Å². The molecule has 2 nitrogen and oxygen atoms in total. The van der Waals surface area contributed by atoms with Crippen molar-refractivity contribution in [1.29, 1.82) is 0 Å². The topological polar surface area (TPSA) is 17.9 Å². The molecule has 0 fully saturated rings. The van der Waals surface area contributed by atoms with E-state index in [0.717, 1.165) is 6.54 Å². The Kier molecular flexibility index (Phi) is 3.08. The Hall–Kier alpha value is -0.0800. The molecule has 0 aromatic carbocycles. The predicted molar refractivity (Wildman–Crippen MR) is 27.7 cm³/mol. The van der Waals surface area contributed by atoms with E-state index in [1.807, 2.05) is 19.1 Å². The molecule has 6 heavy (non-hydrogen) atoms. The minimum absolute atomic E-state index is 1.01. The Morgan fingerprint density at radius 2 is 2.00 bits per heavy atom. The van der Waals surface area contributed by atoms with E-state index in [1.54, 1.807) is 0 Å². The summed E-state index contributed by atoms with van der Waals surface area (Å²) in [6, 6.07) is 0. The average molecular weight is 88.2 g/mol. The van der Waals surface area contributed by atoms with Gasteiger partial charge in [-0.15, -0.1) is 5.43 Å². The monoisotopic (exact) mass is 88.1 g/mol. The van der Waals surface area contributed by atoms with E-state index in [0.29, 0.717) is 0 Å². The van der Waals surface area contributed by atoms with Crippen molar-refractivity contribution in [2.45, 2.75) is 6.92 Å². The summed E-state index contributed by atoms with van der Waals surface area (Å²) in [5.41, 5.74) is 3.04. The molecule has 0 amide bonds. The van der Waals surface area contributed by atoms with Gasteiger partial charge in [0.05, 0.1) is 0 Å². The van der Waals surface area contributed by atoms with Gasteiger partial charge in [-0.25, -0.2) is 0 Å². The van der Waals surface area contributed by atoms with Crippen LogP contribution in [0, 0.1) is 0 Å². The highest BCUT2D eigenvalue weighted by Gasteiger charge is 1.88. The van der Waals surface area contributed by atoms with E-state index in [4.69, 9.17) is 0 Å². The molecule has 1 N–H and O–H groups in total. The summed E-state index contributed by atoms with van der Waals surface area (Å²) in [5, 5.41) is 1.93. The zero-order valence-corrected chi connectivity index (χ0v) is 4.65. The number of rotatable bonds is 2. The van der Waals surface area contributed by atoms with Gasteiger partial charge in [0.1, 0.15) is 14.1 Å². The molecule has 37 valence electrons. The van der Waals surface area contributed by atoms with Gasteiger partial charge in [-0.2, -0.15) is 0 Å². The summed E-state index contributed by atoms with van der Waals surface area (Å²) >= 11 is 0. The van der Waals surface area contributed by atoms with E-state index in [2.05, 4.69) is 12.3 Å². The highest BCUT2D eigenvalue weighted by atomic mass is 15.5. The maximum atomic E-state index is 3.04. The second-order valence-electron chi connectivity index (χ2n) is 1.41. The van der Waals surface area contributed by atoms with E-state index >= 15 is 0 Å². The van der Waals surface area contributed by atoms with Crippen molar-refractivity contribution in [3.63, 3.8) is 0 Å². The van der Waals surface area contributed by atoms with Gasteiger partial charge in [-0.05, 0) is 6.92 Å². The van der Waals surface area contributed by atoms with Crippen LogP contribution >= 0.6 is 0 Å². The summed E-state index contributed by atoms with van der Waals surface area (Å²) in [7, 11) is 3.95. The molecule has 2 heteroatoms. The quantitative estimate of drug-likeness (QED) is 0.369. The summed E-state index contributed by atoms with van der Waals surface area (Å²) < 4.78 is 0. The first kappa shape index (κ1) is 5.92. The molecule has 0 saturated heterocycles. The van der Waals surface area contributed by atoms with Crippen LogP contribution in [0.15, 0.2) is 0 Å². The van der Waals surface area contributed by atoms with Crippen molar-refractivity contribution >= 4 is 0 Å². The number of hydrogen-bond donors (Lipinski definition) is 1. The van der Waals surface area contributed by atoms with Crippen molar-refractivity contribution in [2.24, 2.45) is 0 Å². The maximum absolute atomic E-state index is 3.04. The Labute approximate surface area is 39.1 Å². The fourth-order valence-electron chi connectivity index (χ4n) is 0.316. The number of hydrogen-bond acceptors (Lipinski definition) is 2. The first-order valence-corrected chi connectivity index (χ1v) is 2.18. The van der Waals surface area contributed by atoms with Gasteiger partial charge in [0.15, 0.2) is 0 Å². The van der Waals surface area contributed by atoms with Crippen molar-refractivity contribution in [1.82, 2.24) is 10.4 Å². The van der Waals surface area contributed by atoms with Crippen molar-refractivity contribution in [3.05, 3.63) is 0 Å². The van der Waals surface area contributed by atoms with Crippen LogP contribution in [0.1, 0.15) is 6.92 Å². The molecule has 0 aromatic rings. The van der Waals surface area contributed by atoms with Crippen molar-refractivity contribution in [3.8, 4) is 0 Å². The Balaban J connectivity index is 2.63. The second-order valence-corrected chi connectivity index (χ2v) is 1.41. The standard InChI is InChI=1S/C4H12N2/c1-4-5-6(2)3/h5H,4H2,1-3H3/q+1. The van der Waals surface area contributed by atoms with E-state index in [9.17, 15) is 0 Å². The largest absolute Gasteiger partial charge is 0.134 e. The molecule has 0 bridgehead atoms. The van der Waals surface area contributed by atoms with E-state index < -0.39 is 0 Å². The van der Waals surface area contributed by atoms with Crippen molar-refractivity contribution < 1.29 is 0 Å². The smallest absolute Gasteiger partial charge is 0.119 e. The molecule has 0 unspecified atom stereocenters. The lowest BCUT2D eigenvalue weighted by Crippen LogP contribution is -2.35. The fourth-order valence-corrected chi connectivity index (χ4v) is 0.316. The first-order valence-electron chi connectivity index (χ1n) is 2.18. The third-order valence-electron chi connectivity index (χ3n) is 0.474. The second kappa shape index (κ2) is 3.12.